The van der Waals surface area contributed by atoms with Gasteiger partial charge in [-0.15, -0.1) is 0 Å². The van der Waals surface area contributed by atoms with Crippen molar-refractivity contribution in [2.75, 3.05) is 14.7 Å². The van der Waals surface area contributed by atoms with Gasteiger partial charge < -0.3 is 0 Å². The molecule has 0 amide bonds. The first-order valence-electron chi connectivity index (χ1n) is 23.3. The van der Waals surface area contributed by atoms with Gasteiger partial charge in [0.1, 0.15) is 0 Å². The van der Waals surface area contributed by atoms with E-state index < -0.39 is 0 Å². The maximum atomic E-state index is 7.54. The Kier molecular flexibility index (Phi) is 7.78. The number of para-hydroxylation sites is 5. The summed E-state index contributed by atoms with van der Waals surface area (Å²) < 4.78 is 13.2. The molecule has 4 aliphatic rings. The zero-order valence-electron chi connectivity index (χ0n) is 36.4. The standard InChI is InChI=1S/C60H35B2N3OSe2/c1-4-18-36(19-5-1)63-45-28-14-12-26-41(45)61-43-32-44-49(33-47(43)65(38-22-8-3-9-23-38)59-55-39-24-10-16-30-51(39)67-53(55)34-48(63)57(59)61)66-50-35-54-56(40-25-11-17-31-52(40)68-54)60-58(50)62(44)42-27-13-15-29-46(42)64(60)37-20-6-2-7-21-37/h1-35H. The molecule has 0 radical (unpaired) electrons. The number of rotatable bonds is 3. The van der Waals surface area contributed by atoms with Crippen LogP contribution < -0.4 is 52.2 Å². The van der Waals surface area contributed by atoms with E-state index in [0.29, 0.717) is 0 Å². The molecule has 2 aromatic heterocycles. The van der Waals surface area contributed by atoms with Crippen molar-refractivity contribution in [3.05, 3.63) is 212 Å². The summed E-state index contributed by atoms with van der Waals surface area (Å²) in [6.45, 7) is -0.104. The van der Waals surface area contributed by atoms with E-state index in [4.69, 9.17) is 4.74 Å². The van der Waals surface area contributed by atoms with Crippen LogP contribution in [0.2, 0.25) is 0 Å². The number of nitrogens with zero attached hydrogens (tertiary/aromatic N) is 3. The topological polar surface area (TPSA) is 19.0 Å². The van der Waals surface area contributed by atoms with Crippen LogP contribution in [-0.4, -0.2) is 42.4 Å². The molecule has 0 unspecified atom stereocenters. The van der Waals surface area contributed by atoms with Crippen LogP contribution in [0.3, 0.4) is 0 Å². The molecule has 0 N–H and O–H groups in total. The third kappa shape index (κ3) is 5.02. The Morgan fingerprint density at radius 2 is 0.794 bits per heavy atom. The minimum atomic E-state index is -0.0592. The number of hydrogen-bond acceptors (Lipinski definition) is 4. The molecule has 0 saturated heterocycles. The average Bonchev–Trinajstić information content (AvgIpc) is 3.96. The van der Waals surface area contributed by atoms with E-state index in [2.05, 4.69) is 227 Å². The van der Waals surface area contributed by atoms with Gasteiger partial charge in [-0.05, 0) is 0 Å². The van der Waals surface area contributed by atoms with Gasteiger partial charge in [-0.25, -0.2) is 0 Å². The molecular formula is C60H35B2N3OSe2. The third-order valence-electron chi connectivity index (χ3n) is 14.8. The summed E-state index contributed by atoms with van der Waals surface area (Å²) in [4.78, 5) is 7.67. The van der Waals surface area contributed by atoms with Crippen LogP contribution >= 0.6 is 0 Å². The molecule has 4 aliphatic heterocycles. The fourth-order valence-electron chi connectivity index (χ4n) is 12.2. The van der Waals surface area contributed by atoms with Gasteiger partial charge in [0.2, 0.25) is 0 Å². The van der Waals surface area contributed by atoms with Gasteiger partial charge in [0.15, 0.2) is 0 Å². The molecular weight excluding hydrogens is 958 g/mol. The van der Waals surface area contributed by atoms with Gasteiger partial charge in [-0.1, -0.05) is 0 Å². The molecule has 0 spiro atoms. The van der Waals surface area contributed by atoms with Gasteiger partial charge in [-0.3, -0.25) is 0 Å². The Labute approximate surface area is 405 Å². The van der Waals surface area contributed by atoms with E-state index in [-0.39, 0.29) is 42.4 Å². The summed E-state index contributed by atoms with van der Waals surface area (Å²) in [5, 5.41) is 5.40. The van der Waals surface area contributed by atoms with Gasteiger partial charge in [-0.2, -0.15) is 0 Å². The molecule has 0 fully saturated rings. The second-order valence-electron chi connectivity index (χ2n) is 18.3. The molecule has 4 nitrogen and oxygen atoms in total. The molecule has 10 aromatic carbocycles. The van der Waals surface area contributed by atoms with Crippen LogP contribution in [0.1, 0.15) is 0 Å². The van der Waals surface area contributed by atoms with E-state index in [1.807, 2.05) is 0 Å². The van der Waals surface area contributed by atoms with Crippen LogP contribution in [0.4, 0.5) is 51.2 Å². The quantitative estimate of drug-likeness (QED) is 0.164. The van der Waals surface area contributed by atoms with Gasteiger partial charge >= 0.3 is 408 Å². The number of anilines is 9. The molecule has 68 heavy (non-hydrogen) atoms. The van der Waals surface area contributed by atoms with Gasteiger partial charge in [0.05, 0.1) is 0 Å². The minimum absolute atomic E-state index is 0.0443. The zero-order chi connectivity index (χ0) is 44.2. The molecule has 8 heteroatoms. The normalized spacial score (nSPS) is 13.9. The Bertz CT molecular complexity index is 4120. The first-order chi connectivity index (χ1) is 33.8. The number of hydrogen-bond donors (Lipinski definition) is 0. The molecule has 0 saturated carbocycles. The molecule has 6 heterocycles. The predicted octanol–water partition coefficient (Wildman–Crippen LogP) is 10.9. The van der Waals surface area contributed by atoms with Crippen LogP contribution in [0.15, 0.2) is 212 Å². The SMILES string of the molecule is c1ccc(N2c3ccccc3B3c4cc5c(cc4N(c4ccccc4)c4c3c2cc2[se]c3ccccc3c42)Oc2cc3[se]c4ccccc4c3c3c2B5c2ccccc2N3c2ccccc2)cc1. The van der Waals surface area contributed by atoms with Crippen molar-refractivity contribution < 1.29 is 4.74 Å². The van der Waals surface area contributed by atoms with Crippen molar-refractivity contribution in [1.82, 2.24) is 0 Å². The Morgan fingerprint density at radius 1 is 0.324 bits per heavy atom. The van der Waals surface area contributed by atoms with Gasteiger partial charge in [0.25, 0.3) is 0 Å². The van der Waals surface area contributed by atoms with Crippen molar-refractivity contribution in [1.29, 1.82) is 0 Å². The Balaban J connectivity index is 1.04. The summed E-state index contributed by atoms with van der Waals surface area (Å²) in [5.41, 5.74) is 18.6. The number of ether oxygens (including phenoxy) is 1. The van der Waals surface area contributed by atoms with E-state index in [9.17, 15) is 0 Å². The van der Waals surface area contributed by atoms with E-state index in [0.717, 1.165) is 22.9 Å². The molecule has 0 aliphatic carbocycles. The molecule has 0 bridgehead atoms. The monoisotopic (exact) mass is 995 g/mol. The van der Waals surface area contributed by atoms with Crippen LogP contribution in [0.25, 0.3) is 38.6 Å². The molecule has 314 valence electrons. The molecule has 0 atom stereocenters. The summed E-state index contributed by atoms with van der Waals surface area (Å²) in [7, 11) is 0. The van der Waals surface area contributed by atoms with Crippen molar-refractivity contribution in [2.45, 2.75) is 0 Å². The average molecular weight is 994 g/mol. The summed E-state index contributed by atoms with van der Waals surface area (Å²) >= 11 is 0.274. The number of benzene rings is 10. The van der Waals surface area contributed by atoms with E-state index in [1.165, 1.54) is 111 Å². The second kappa shape index (κ2) is 14.1. The maximum absolute atomic E-state index is 7.54. The summed E-state index contributed by atoms with van der Waals surface area (Å²) in [6.07, 6.45) is 0. The van der Waals surface area contributed by atoms with Crippen molar-refractivity contribution in [3.63, 3.8) is 0 Å². The first kappa shape index (κ1) is 37.6. The van der Waals surface area contributed by atoms with Crippen molar-refractivity contribution >= 4 is 165 Å². The zero-order valence-corrected chi connectivity index (χ0v) is 39.9. The van der Waals surface area contributed by atoms with Crippen molar-refractivity contribution in [2.24, 2.45) is 0 Å². The fourth-order valence-corrected chi connectivity index (χ4v) is 17.0. The van der Waals surface area contributed by atoms with E-state index in [1.54, 1.807) is 0 Å². The fraction of sp³-hybridized carbons (Fsp3) is 0. The third-order valence-corrected chi connectivity index (χ3v) is 19.5. The summed E-state index contributed by atoms with van der Waals surface area (Å²) in [5.74, 6) is 1.89. The summed E-state index contributed by atoms with van der Waals surface area (Å²) in [6, 6.07) is 79.4. The second-order valence-corrected chi connectivity index (χ2v) is 22.8. The number of fused-ring (bicyclic) bond motifs is 16. The Hall–Kier alpha value is -7.43. The Morgan fingerprint density at radius 3 is 1.41 bits per heavy atom. The predicted molar refractivity (Wildman–Crippen MR) is 290 cm³/mol. The van der Waals surface area contributed by atoms with Gasteiger partial charge in [0, 0.05) is 0 Å². The van der Waals surface area contributed by atoms with Crippen LogP contribution in [0, 0.1) is 0 Å². The van der Waals surface area contributed by atoms with Crippen LogP contribution in [0.5, 0.6) is 11.5 Å². The van der Waals surface area contributed by atoms with Crippen LogP contribution in [-0.2, 0) is 0 Å². The molecule has 12 aromatic rings. The van der Waals surface area contributed by atoms with Crippen molar-refractivity contribution in [3.8, 4) is 11.5 Å². The molecule has 16 rings (SSSR count). The van der Waals surface area contributed by atoms with E-state index >= 15 is 0 Å². The first-order valence-corrected chi connectivity index (χ1v) is 26.7.